The van der Waals surface area contributed by atoms with Gasteiger partial charge in [-0.3, -0.25) is 25.2 Å². The summed E-state index contributed by atoms with van der Waals surface area (Å²) in [6.07, 6.45) is -0.869. The number of nitrogens with two attached hydrogens (primary N) is 1. The highest BCUT2D eigenvalue weighted by Gasteiger charge is 2.60. The van der Waals surface area contributed by atoms with Crippen LogP contribution in [-0.4, -0.2) is 69.3 Å². The topological polar surface area (TPSA) is 189 Å². The zero-order valence-electron chi connectivity index (χ0n) is 19.5. The first-order chi connectivity index (χ1) is 17.1. The van der Waals surface area contributed by atoms with Crippen molar-refractivity contribution in [3.63, 3.8) is 0 Å². The quantitative estimate of drug-likeness (QED) is 0.172. The Labute approximate surface area is 210 Å². The van der Waals surface area contributed by atoms with E-state index in [9.17, 15) is 29.6 Å². The van der Waals surface area contributed by atoms with Gasteiger partial charge in [-0.15, -0.1) is 11.8 Å². The smallest absolute Gasteiger partial charge is 0.356 e. The fourth-order valence-electron chi connectivity index (χ4n) is 4.58. The number of guanidine groups is 1. The third kappa shape index (κ3) is 4.86. The molecule has 36 heavy (non-hydrogen) atoms. The van der Waals surface area contributed by atoms with Crippen molar-refractivity contribution in [2.45, 2.75) is 37.9 Å². The number of amides is 3. The number of nitro groups is 1. The lowest BCUT2D eigenvalue weighted by molar-refractivity contribution is -0.384. The monoisotopic (exact) mass is 518 g/mol. The predicted molar refractivity (Wildman–Crippen MR) is 129 cm³/mol. The van der Waals surface area contributed by atoms with Crippen LogP contribution in [0.25, 0.3) is 0 Å². The van der Waals surface area contributed by atoms with Crippen molar-refractivity contribution in [2.24, 2.45) is 22.6 Å². The summed E-state index contributed by atoms with van der Waals surface area (Å²) in [4.78, 5) is 53.8. The fourth-order valence-corrected chi connectivity index (χ4v) is 5.91. The van der Waals surface area contributed by atoms with Gasteiger partial charge >= 0.3 is 12.0 Å². The zero-order valence-corrected chi connectivity index (χ0v) is 20.4. The standard InChI is InChI=1S/C22H26N6O7S/c1-10-16-15(11(2)29)19(30)27(16)17(18(10)36-14-7-24-22(25-8-14)26-21(23)32)20(31)35-9-12-3-5-13(6-4-12)28(33)34/h3-6,10-11,14-16,29H,7-9H2,1-2H3,(H4,23,24,25,26,32)/t10-,11-,15-,16-/m1/s1. The van der Waals surface area contributed by atoms with Gasteiger partial charge in [-0.25, -0.2) is 9.59 Å². The number of carbonyl (C=O) groups is 3. The average molecular weight is 519 g/mol. The van der Waals surface area contributed by atoms with Crippen LogP contribution in [0.4, 0.5) is 10.5 Å². The molecule has 3 aliphatic rings. The summed E-state index contributed by atoms with van der Waals surface area (Å²) in [6, 6.07) is 4.54. The number of thioether (sulfide) groups is 1. The number of hydrogen-bond donors (Lipinski definition) is 4. The number of esters is 1. The number of aliphatic imine (C=N–C) groups is 1. The highest BCUT2D eigenvalue weighted by molar-refractivity contribution is 8.03. The SMILES string of the molecule is C[C@@H](O)[C@H]1C(=O)N2C(C(=O)OCc3ccc([N+](=O)[O-])cc3)=C(SC3CN=C(NC(N)=O)NC3)[C@H](C)[C@H]12. The maximum Gasteiger partial charge on any atom is 0.356 e. The van der Waals surface area contributed by atoms with E-state index < -0.39 is 28.9 Å². The Kier molecular flexibility index (Phi) is 7.17. The predicted octanol–water partition coefficient (Wildman–Crippen LogP) is 0.436. The van der Waals surface area contributed by atoms with E-state index in [4.69, 9.17) is 10.5 Å². The lowest BCUT2D eigenvalue weighted by Gasteiger charge is -2.46. The fraction of sp³-hybridized carbons (Fsp3) is 0.455. The van der Waals surface area contributed by atoms with E-state index in [1.807, 2.05) is 6.92 Å². The number of nitrogens with zero attached hydrogens (tertiary/aromatic N) is 3. The maximum atomic E-state index is 13.2. The van der Waals surface area contributed by atoms with Gasteiger partial charge in [0.1, 0.15) is 12.3 Å². The number of rotatable bonds is 7. The van der Waals surface area contributed by atoms with Gasteiger partial charge in [0.15, 0.2) is 5.96 Å². The van der Waals surface area contributed by atoms with Crippen LogP contribution in [0.5, 0.6) is 0 Å². The normalized spacial score (nSPS) is 25.8. The van der Waals surface area contributed by atoms with E-state index in [1.54, 1.807) is 6.92 Å². The van der Waals surface area contributed by atoms with E-state index in [0.717, 1.165) is 0 Å². The molecular weight excluding hydrogens is 492 g/mol. The van der Waals surface area contributed by atoms with E-state index in [-0.39, 0.29) is 47.1 Å². The third-order valence-electron chi connectivity index (χ3n) is 6.30. The van der Waals surface area contributed by atoms with E-state index >= 15 is 0 Å². The number of β-lactam (4-membered cyclic amide) rings is 1. The molecule has 3 aliphatic heterocycles. The molecule has 1 fully saturated rings. The van der Waals surface area contributed by atoms with Crippen LogP contribution < -0.4 is 16.4 Å². The Hall–Kier alpha value is -3.65. The summed E-state index contributed by atoms with van der Waals surface area (Å²) in [5, 5.41) is 26.3. The number of hydrogen-bond acceptors (Lipinski definition) is 10. The van der Waals surface area contributed by atoms with Crippen molar-refractivity contribution < 1.29 is 29.2 Å². The average Bonchev–Trinajstić information content (AvgIpc) is 3.06. The molecule has 5 N–H and O–H groups in total. The second-order valence-electron chi connectivity index (χ2n) is 8.77. The second-order valence-corrected chi connectivity index (χ2v) is 10.1. The second kappa shape index (κ2) is 10.1. The highest BCUT2D eigenvalue weighted by atomic mass is 32.2. The molecule has 1 aromatic carbocycles. The molecule has 1 aromatic rings. The van der Waals surface area contributed by atoms with E-state index in [1.165, 1.54) is 40.9 Å². The minimum atomic E-state index is -0.869. The number of benzene rings is 1. The Morgan fingerprint density at radius 3 is 2.67 bits per heavy atom. The minimum Gasteiger partial charge on any atom is -0.456 e. The van der Waals surface area contributed by atoms with Gasteiger partial charge in [0.25, 0.3) is 5.69 Å². The summed E-state index contributed by atoms with van der Waals surface area (Å²) in [7, 11) is 0. The molecule has 0 spiro atoms. The first kappa shape index (κ1) is 25.4. The van der Waals surface area contributed by atoms with Crippen LogP contribution in [-0.2, 0) is 20.9 Å². The molecule has 0 bridgehead atoms. The van der Waals surface area contributed by atoms with Crippen molar-refractivity contribution in [3.05, 3.63) is 50.5 Å². The molecule has 192 valence electrons. The molecular formula is C22H26N6O7S. The van der Waals surface area contributed by atoms with Gasteiger partial charge in [-0.1, -0.05) is 6.92 Å². The number of primary amides is 1. The van der Waals surface area contributed by atoms with Crippen molar-refractivity contribution >= 4 is 41.3 Å². The molecule has 3 heterocycles. The van der Waals surface area contributed by atoms with E-state index in [0.29, 0.717) is 23.6 Å². The van der Waals surface area contributed by atoms with Crippen LogP contribution >= 0.6 is 11.8 Å². The van der Waals surface area contributed by atoms with Crippen molar-refractivity contribution in [1.29, 1.82) is 0 Å². The van der Waals surface area contributed by atoms with Gasteiger partial charge in [0.05, 0.1) is 29.5 Å². The molecule has 14 heteroatoms. The number of urea groups is 1. The minimum absolute atomic E-state index is 0.0767. The van der Waals surface area contributed by atoms with Crippen LogP contribution in [0.2, 0.25) is 0 Å². The molecule has 0 saturated carbocycles. The summed E-state index contributed by atoms with van der Waals surface area (Å²) in [5.74, 6) is -1.60. The van der Waals surface area contributed by atoms with Crippen LogP contribution in [0.15, 0.2) is 39.9 Å². The first-order valence-electron chi connectivity index (χ1n) is 11.3. The zero-order chi connectivity index (χ0) is 26.1. The number of aliphatic hydroxyl groups excluding tert-OH is 1. The van der Waals surface area contributed by atoms with Crippen LogP contribution in [0, 0.1) is 22.0 Å². The molecule has 1 saturated heterocycles. The molecule has 3 amide bonds. The van der Waals surface area contributed by atoms with Gasteiger partial charge < -0.3 is 25.8 Å². The number of nitrogens with one attached hydrogen (secondary N) is 2. The molecule has 4 rings (SSSR count). The molecule has 13 nitrogen and oxygen atoms in total. The third-order valence-corrected chi connectivity index (χ3v) is 7.77. The van der Waals surface area contributed by atoms with Gasteiger partial charge in [0, 0.05) is 34.8 Å². The molecule has 5 atom stereocenters. The number of ether oxygens (including phenoxy) is 1. The van der Waals surface area contributed by atoms with Crippen molar-refractivity contribution in [3.8, 4) is 0 Å². The van der Waals surface area contributed by atoms with Gasteiger partial charge in [0.2, 0.25) is 5.91 Å². The number of aliphatic hydroxyl groups is 1. The number of carbonyl (C=O) groups excluding carboxylic acids is 3. The van der Waals surface area contributed by atoms with Gasteiger partial charge in [-0.05, 0) is 24.6 Å². The van der Waals surface area contributed by atoms with Crippen molar-refractivity contribution in [2.75, 3.05) is 13.1 Å². The summed E-state index contributed by atoms with van der Waals surface area (Å²) in [6.45, 7) is 4.10. The summed E-state index contributed by atoms with van der Waals surface area (Å²) in [5.41, 5.74) is 5.74. The highest BCUT2D eigenvalue weighted by Crippen LogP contribution is 2.51. The number of non-ortho nitro benzene ring substituents is 1. The Morgan fingerprint density at radius 2 is 2.11 bits per heavy atom. The number of nitro benzene ring substituents is 1. The number of fused-ring (bicyclic) bond motifs is 1. The molecule has 0 radical (unpaired) electrons. The Bertz CT molecular complexity index is 1150. The lowest BCUT2D eigenvalue weighted by Crippen LogP contribution is -2.63. The molecule has 0 aromatic heterocycles. The maximum absolute atomic E-state index is 13.2. The summed E-state index contributed by atoms with van der Waals surface area (Å²) >= 11 is 1.40. The Morgan fingerprint density at radius 1 is 1.42 bits per heavy atom. The molecule has 0 aliphatic carbocycles. The van der Waals surface area contributed by atoms with Gasteiger partial charge in [-0.2, -0.15) is 0 Å². The van der Waals surface area contributed by atoms with E-state index in [2.05, 4.69) is 15.6 Å². The summed E-state index contributed by atoms with van der Waals surface area (Å²) < 4.78 is 5.50. The molecule has 1 unspecified atom stereocenters. The first-order valence-corrected chi connectivity index (χ1v) is 12.1. The van der Waals surface area contributed by atoms with Crippen LogP contribution in [0.1, 0.15) is 19.4 Å². The largest absolute Gasteiger partial charge is 0.456 e. The lowest BCUT2D eigenvalue weighted by atomic mass is 9.79. The van der Waals surface area contributed by atoms with Crippen molar-refractivity contribution in [1.82, 2.24) is 15.5 Å². The Balaban J connectivity index is 1.53. The van der Waals surface area contributed by atoms with Crippen LogP contribution in [0.3, 0.4) is 0 Å².